The van der Waals surface area contributed by atoms with Crippen LogP contribution in [0.5, 0.6) is 0 Å². The van der Waals surface area contributed by atoms with Crippen LogP contribution in [0.4, 0.5) is 0 Å². The van der Waals surface area contributed by atoms with Gasteiger partial charge in [-0.25, -0.2) is 4.98 Å². The average molecular weight is 331 g/mol. The number of aromatic nitrogens is 1. The molecule has 17 heavy (non-hydrogen) atoms. The van der Waals surface area contributed by atoms with Gasteiger partial charge in [0.25, 0.3) is 0 Å². The summed E-state index contributed by atoms with van der Waals surface area (Å²) in [5, 5.41) is 6.69. The van der Waals surface area contributed by atoms with Gasteiger partial charge in [0.05, 0.1) is 14.4 Å². The molecule has 0 saturated carbocycles. The van der Waals surface area contributed by atoms with Crippen LogP contribution in [-0.4, -0.2) is 18.1 Å². The molecule has 0 unspecified atom stereocenters. The van der Waals surface area contributed by atoms with E-state index in [9.17, 15) is 0 Å². The molecule has 0 atom stereocenters. The van der Waals surface area contributed by atoms with Gasteiger partial charge in [0.2, 0.25) is 0 Å². The fourth-order valence-electron chi connectivity index (χ4n) is 1.48. The molecule has 2 nitrogen and oxygen atoms in total. The molecule has 92 valence electrons. The Bertz CT molecular complexity index is 465. The van der Waals surface area contributed by atoms with Gasteiger partial charge < -0.3 is 5.32 Å². The van der Waals surface area contributed by atoms with E-state index in [1.165, 1.54) is 17.0 Å². The molecule has 0 amide bonds. The molecule has 0 aromatic carbocycles. The van der Waals surface area contributed by atoms with E-state index in [0.29, 0.717) is 0 Å². The van der Waals surface area contributed by atoms with Gasteiger partial charge >= 0.3 is 0 Å². The first-order valence-electron chi connectivity index (χ1n) is 5.70. The molecule has 5 heteroatoms. The summed E-state index contributed by atoms with van der Waals surface area (Å²) in [4.78, 5) is 5.90. The van der Waals surface area contributed by atoms with E-state index in [4.69, 9.17) is 0 Å². The molecule has 0 fully saturated rings. The quantitative estimate of drug-likeness (QED) is 0.804. The van der Waals surface area contributed by atoms with Gasteiger partial charge in [0, 0.05) is 18.3 Å². The SMILES string of the molecule is CCCNCCc1csc(-c2ccc(Br)s2)n1. The maximum atomic E-state index is 4.66. The van der Waals surface area contributed by atoms with E-state index in [0.717, 1.165) is 28.3 Å². The minimum Gasteiger partial charge on any atom is -0.316 e. The lowest BCUT2D eigenvalue weighted by atomic mass is 10.3. The molecular weight excluding hydrogens is 316 g/mol. The molecular formula is C12H15BrN2S2. The summed E-state index contributed by atoms with van der Waals surface area (Å²) in [7, 11) is 0. The highest BCUT2D eigenvalue weighted by atomic mass is 79.9. The van der Waals surface area contributed by atoms with Gasteiger partial charge in [0.15, 0.2) is 0 Å². The lowest BCUT2D eigenvalue weighted by molar-refractivity contribution is 0.667. The number of hydrogen-bond acceptors (Lipinski definition) is 4. The van der Waals surface area contributed by atoms with Gasteiger partial charge in [0.1, 0.15) is 5.01 Å². The topological polar surface area (TPSA) is 24.9 Å². The molecule has 0 aliphatic carbocycles. The average Bonchev–Trinajstić information content (AvgIpc) is 2.93. The summed E-state index contributed by atoms with van der Waals surface area (Å²) in [6.45, 7) is 4.29. The van der Waals surface area contributed by atoms with E-state index >= 15 is 0 Å². The highest BCUT2D eigenvalue weighted by Gasteiger charge is 2.06. The van der Waals surface area contributed by atoms with Crippen LogP contribution < -0.4 is 5.32 Å². The summed E-state index contributed by atoms with van der Waals surface area (Å²) in [6, 6.07) is 4.19. The largest absolute Gasteiger partial charge is 0.316 e. The van der Waals surface area contributed by atoms with E-state index in [1.54, 1.807) is 22.7 Å². The van der Waals surface area contributed by atoms with Gasteiger partial charge in [-0.05, 0) is 41.0 Å². The second-order valence-electron chi connectivity index (χ2n) is 3.75. The van der Waals surface area contributed by atoms with Crippen LogP contribution in [0.2, 0.25) is 0 Å². The van der Waals surface area contributed by atoms with Crippen molar-refractivity contribution in [2.45, 2.75) is 19.8 Å². The zero-order chi connectivity index (χ0) is 12.1. The number of thiazole rings is 1. The lowest BCUT2D eigenvalue weighted by Gasteiger charge is -1.99. The third kappa shape index (κ3) is 3.88. The van der Waals surface area contributed by atoms with Crippen LogP contribution in [0.15, 0.2) is 21.3 Å². The molecule has 0 spiro atoms. The van der Waals surface area contributed by atoms with Crippen LogP contribution >= 0.6 is 38.6 Å². The Balaban J connectivity index is 1.92. The molecule has 2 rings (SSSR count). The molecule has 0 radical (unpaired) electrons. The third-order valence-electron chi connectivity index (χ3n) is 2.32. The van der Waals surface area contributed by atoms with Gasteiger partial charge in [-0.3, -0.25) is 0 Å². The molecule has 0 aliphatic heterocycles. The van der Waals surface area contributed by atoms with Gasteiger partial charge in [-0.1, -0.05) is 6.92 Å². The fourth-order valence-corrected chi connectivity index (χ4v) is 3.79. The Morgan fingerprint density at radius 1 is 1.35 bits per heavy atom. The van der Waals surface area contributed by atoms with Crippen molar-refractivity contribution in [2.24, 2.45) is 0 Å². The van der Waals surface area contributed by atoms with E-state index < -0.39 is 0 Å². The summed E-state index contributed by atoms with van der Waals surface area (Å²) in [5.41, 5.74) is 1.19. The van der Waals surface area contributed by atoms with Crippen LogP contribution in [-0.2, 0) is 6.42 Å². The number of nitrogens with zero attached hydrogens (tertiary/aromatic N) is 1. The van der Waals surface area contributed by atoms with Gasteiger partial charge in [-0.2, -0.15) is 0 Å². The molecule has 2 heterocycles. The third-order valence-corrected chi connectivity index (χ3v) is 5.00. The molecule has 2 aromatic heterocycles. The Morgan fingerprint density at radius 2 is 2.24 bits per heavy atom. The number of rotatable bonds is 6. The summed E-state index contributed by atoms with van der Waals surface area (Å²) >= 11 is 6.95. The van der Waals surface area contributed by atoms with Crippen molar-refractivity contribution >= 4 is 38.6 Å². The molecule has 0 aliphatic rings. The predicted molar refractivity (Wildman–Crippen MR) is 80.0 cm³/mol. The van der Waals surface area contributed by atoms with Crippen LogP contribution in [0, 0.1) is 0 Å². The molecule has 1 N–H and O–H groups in total. The fraction of sp³-hybridized carbons (Fsp3) is 0.417. The predicted octanol–water partition coefficient (Wildman–Crippen LogP) is 4.18. The highest BCUT2D eigenvalue weighted by molar-refractivity contribution is 9.11. The highest BCUT2D eigenvalue weighted by Crippen LogP contribution is 2.33. The first-order chi connectivity index (χ1) is 8.29. The second kappa shape index (κ2) is 6.64. The maximum Gasteiger partial charge on any atom is 0.133 e. The monoisotopic (exact) mass is 330 g/mol. The maximum absolute atomic E-state index is 4.66. The molecule has 0 bridgehead atoms. The first kappa shape index (κ1) is 13.2. The molecule has 0 saturated heterocycles. The van der Waals surface area contributed by atoms with Crippen molar-refractivity contribution in [1.82, 2.24) is 10.3 Å². The number of hydrogen-bond donors (Lipinski definition) is 1. The Labute approximate surface area is 118 Å². The Kier molecular flexibility index (Phi) is 5.16. The molecule has 2 aromatic rings. The lowest BCUT2D eigenvalue weighted by Crippen LogP contribution is -2.17. The minimum atomic E-state index is 1.02. The van der Waals surface area contributed by atoms with Gasteiger partial charge in [-0.15, -0.1) is 22.7 Å². The van der Waals surface area contributed by atoms with Crippen molar-refractivity contribution in [2.75, 3.05) is 13.1 Å². The smallest absolute Gasteiger partial charge is 0.133 e. The number of halogens is 1. The zero-order valence-electron chi connectivity index (χ0n) is 9.70. The van der Waals surface area contributed by atoms with E-state index in [1.807, 2.05) is 0 Å². The minimum absolute atomic E-state index is 1.02. The summed E-state index contributed by atoms with van der Waals surface area (Å²) in [6.07, 6.45) is 2.20. The van der Waals surface area contributed by atoms with Crippen molar-refractivity contribution in [3.63, 3.8) is 0 Å². The standard InChI is InChI=1S/C12H15BrN2S2/c1-2-6-14-7-5-9-8-16-12(15-9)10-3-4-11(13)17-10/h3-4,8,14H,2,5-7H2,1H3. The number of thiophene rings is 1. The van der Waals surface area contributed by atoms with Crippen LogP contribution in [0.3, 0.4) is 0 Å². The van der Waals surface area contributed by atoms with Crippen LogP contribution in [0.25, 0.3) is 9.88 Å². The Morgan fingerprint density at radius 3 is 2.94 bits per heavy atom. The van der Waals surface area contributed by atoms with Crippen molar-refractivity contribution in [3.05, 3.63) is 27.0 Å². The van der Waals surface area contributed by atoms with E-state index in [-0.39, 0.29) is 0 Å². The number of nitrogens with one attached hydrogen (secondary N) is 1. The van der Waals surface area contributed by atoms with Crippen molar-refractivity contribution in [3.8, 4) is 9.88 Å². The summed E-state index contributed by atoms with van der Waals surface area (Å²) < 4.78 is 1.16. The van der Waals surface area contributed by atoms with E-state index in [2.05, 4.69) is 50.7 Å². The van der Waals surface area contributed by atoms with Crippen LogP contribution in [0.1, 0.15) is 19.0 Å². The normalized spacial score (nSPS) is 10.9. The summed E-state index contributed by atoms with van der Waals surface area (Å²) in [5.74, 6) is 0. The van der Waals surface area contributed by atoms with Crippen molar-refractivity contribution in [1.29, 1.82) is 0 Å². The second-order valence-corrected chi connectivity index (χ2v) is 7.07. The Hall–Kier alpha value is -0.230. The zero-order valence-corrected chi connectivity index (χ0v) is 12.9. The van der Waals surface area contributed by atoms with Crippen molar-refractivity contribution < 1.29 is 0 Å². The first-order valence-corrected chi connectivity index (χ1v) is 8.19.